The maximum atomic E-state index is 13.9. The minimum atomic E-state index is -0.817. The van der Waals surface area contributed by atoms with Crippen molar-refractivity contribution in [1.82, 2.24) is 10.3 Å². The molecule has 2 rings (SSSR count). The Bertz CT molecular complexity index is 584. The zero-order chi connectivity index (χ0) is 14.5. The lowest BCUT2D eigenvalue weighted by Gasteiger charge is -2.19. The van der Waals surface area contributed by atoms with E-state index in [1.807, 2.05) is 26.0 Å². The number of likely N-dealkylation sites (N-methyl/N-ethyl adjacent to an activating group) is 1. The van der Waals surface area contributed by atoms with Crippen molar-refractivity contribution >= 4 is 0 Å². The van der Waals surface area contributed by atoms with E-state index in [-0.39, 0.29) is 6.04 Å². The van der Waals surface area contributed by atoms with E-state index in [1.54, 1.807) is 12.3 Å². The van der Waals surface area contributed by atoms with Crippen LogP contribution in [0.4, 0.5) is 8.78 Å². The molecule has 1 aromatic carbocycles. The number of nitrogens with one attached hydrogen (secondary N) is 1. The number of nitrogens with zero attached hydrogens (tertiary/aromatic N) is 1. The molecule has 0 saturated heterocycles. The van der Waals surface area contributed by atoms with E-state index in [2.05, 4.69) is 10.3 Å². The molecular formula is C16H18F2N2. The lowest BCUT2D eigenvalue weighted by molar-refractivity contribution is 0.462. The van der Waals surface area contributed by atoms with Gasteiger partial charge in [-0.25, -0.2) is 8.78 Å². The Hall–Kier alpha value is -1.81. The Labute approximate surface area is 117 Å². The number of halogens is 2. The molecule has 1 atom stereocenters. The van der Waals surface area contributed by atoms with Crippen molar-refractivity contribution in [2.24, 2.45) is 0 Å². The maximum Gasteiger partial charge on any atom is 0.163 e. The maximum absolute atomic E-state index is 13.9. The van der Waals surface area contributed by atoms with Crippen LogP contribution in [0.2, 0.25) is 0 Å². The van der Waals surface area contributed by atoms with Gasteiger partial charge in [-0.1, -0.05) is 25.1 Å². The lowest BCUT2D eigenvalue weighted by Crippen LogP contribution is -2.25. The van der Waals surface area contributed by atoms with Crippen molar-refractivity contribution < 1.29 is 8.78 Å². The second-order valence-electron chi connectivity index (χ2n) is 4.72. The molecule has 1 unspecified atom stereocenters. The molecule has 1 N–H and O–H groups in total. The number of pyridine rings is 1. The van der Waals surface area contributed by atoms with Crippen LogP contribution in [0.1, 0.15) is 29.8 Å². The summed E-state index contributed by atoms with van der Waals surface area (Å²) in [5.74, 6) is -1.60. The van der Waals surface area contributed by atoms with Gasteiger partial charge in [0.25, 0.3) is 0 Å². The Morgan fingerprint density at radius 2 is 2.00 bits per heavy atom. The normalized spacial score (nSPS) is 12.4. The van der Waals surface area contributed by atoms with Crippen molar-refractivity contribution in [2.45, 2.75) is 26.3 Å². The minimum absolute atomic E-state index is 0.288. The summed E-state index contributed by atoms with van der Waals surface area (Å²) in [6.45, 7) is 4.58. The van der Waals surface area contributed by atoms with Gasteiger partial charge in [0.05, 0.1) is 0 Å². The summed E-state index contributed by atoms with van der Waals surface area (Å²) in [6.07, 6.45) is 2.24. The zero-order valence-electron chi connectivity index (χ0n) is 11.7. The second-order valence-corrected chi connectivity index (χ2v) is 4.72. The van der Waals surface area contributed by atoms with Gasteiger partial charge in [-0.05, 0) is 31.2 Å². The summed E-state index contributed by atoms with van der Waals surface area (Å²) in [5.41, 5.74) is 2.28. The standard InChI is InChI=1S/C16H18F2N2/c1-3-19-15(10-14-11(2)6-5-9-20-14)12-7-4-8-13(17)16(12)18/h4-9,15,19H,3,10H2,1-2H3. The zero-order valence-corrected chi connectivity index (χ0v) is 11.7. The predicted molar refractivity (Wildman–Crippen MR) is 75.5 cm³/mol. The number of aryl methyl sites for hydroxylation is 1. The molecule has 1 heterocycles. The quantitative estimate of drug-likeness (QED) is 0.903. The van der Waals surface area contributed by atoms with E-state index >= 15 is 0 Å². The van der Waals surface area contributed by atoms with Crippen LogP contribution in [0.5, 0.6) is 0 Å². The summed E-state index contributed by atoms with van der Waals surface area (Å²) >= 11 is 0. The number of aromatic nitrogens is 1. The molecule has 106 valence electrons. The van der Waals surface area contributed by atoms with Crippen molar-refractivity contribution in [2.75, 3.05) is 6.54 Å². The van der Waals surface area contributed by atoms with Crippen LogP contribution in [-0.2, 0) is 6.42 Å². The van der Waals surface area contributed by atoms with Crippen LogP contribution in [0.3, 0.4) is 0 Å². The molecule has 0 radical (unpaired) electrons. The molecule has 0 aliphatic heterocycles. The smallest absolute Gasteiger partial charge is 0.163 e. The molecule has 0 aliphatic rings. The third kappa shape index (κ3) is 3.20. The van der Waals surface area contributed by atoms with Crippen LogP contribution in [0.25, 0.3) is 0 Å². The summed E-state index contributed by atoms with van der Waals surface area (Å²) in [7, 11) is 0. The van der Waals surface area contributed by atoms with E-state index in [0.717, 1.165) is 17.3 Å². The fraction of sp³-hybridized carbons (Fsp3) is 0.312. The SMILES string of the molecule is CCNC(Cc1ncccc1C)c1cccc(F)c1F. The fourth-order valence-electron chi connectivity index (χ4n) is 2.25. The van der Waals surface area contributed by atoms with Crippen molar-refractivity contribution in [1.29, 1.82) is 0 Å². The highest BCUT2D eigenvalue weighted by Gasteiger charge is 2.19. The summed E-state index contributed by atoms with van der Waals surface area (Å²) in [5, 5.41) is 3.20. The first-order valence-corrected chi connectivity index (χ1v) is 6.71. The largest absolute Gasteiger partial charge is 0.310 e. The third-order valence-electron chi connectivity index (χ3n) is 3.32. The highest BCUT2D eigenvalue weighted by atomic mass is 19.2. The first-order valence-electron chi connectivity index (χ1n) is 6.71. The van der Waals surface area contributed by atoms with Crippen LogP contribution in [-0.4, -0.2) is 11.5 Å². The van der Waals surface area contributed by atoms with Gasteiger partial charge < -0.3 is 5.32 Å². The minimum Gasteiger partial charge on any atom is -0.310 e. The fourth-order valence-corrected chi connectivity index (χ4v) is 2.25. The first kappa shape index (κ1) is 14.6. The molecule has 2 aromatic rings. The van der Waals surface area contributed by atoms with Gasteiger partial charge in [-0.15, -0.1) is 0 Å². The second kappa shape index (κ2) is 6.57. The van der Waals surface area contributed by atoms with E-state index in [4.69, 9.17) is 0 Å². The molecule has 20 heavy (non-hydrogen) atoms. The average Bonchev–Trinajstić information content (AvgIpc) is 2.44. The van der Waals surface area contributed by atoms with Gasteiger partial charge in [0, 0.05) is 29.9 Å². The van der Waals surface area contributed by atoms with Gasteiger partial charge in [0.2, 0.25) is 0 Å². The molecule has 1 aromatic heterocycles. The molecule has 0 spiro atoms. The molecule has 0 saturated carbocycles. The van der Waals surface area contributed by atoms with Crippen molar-refractivity contribution in [3.05, 3.63) is 65.0 Å². The average molecular weight is 276 g/mol. The summed E-state index contributed by atoms with van der Waals surface area (Å²) < 4.78 is 27.3. The molecule has 0 fully saturated rings. The van der Waals surface area contributed by atoms with Gasteiger partial charge in [-0.2, -0.15) is 0 Å². The van der Waals surface area contributed by atoms with Gasteiger partial charge in [-0.3, -0.25) is 4.98 Å². The third-order valence-corrected chi connectivity index (χ3v) is 3.32. The molecular weight excluding hydrogens is 258 g/mol. The first-order chi connectivity index (χ1) is 9.63. The number of benzene rings is 1. The Morgan fingerprint density at radius 3 is 2.70 bits per heavy atom. The monoisotopic (exact) mass is 276 g/mol. The lowest BCUT2D eigenvalue weighted by atomic mass is 9.99. The summed E-state index contributed by atoms with van der Waals surface area (Å²) in [4.78, 5) is 4.32. The van der Waals surface area contributed by atoms with E-state index in [0.29, 0.717) is 18.5 Å². The highest BCUT2D eigenvalue weighted by Crippen LogP contribution is 2.23. The summed E-state index contributed by atoms with van der Waals surface area (Å²) in [6, 6.07) is 7.82. The van der Waals surface area contributed by atoms with Gasteiger partial charge >= 0.3 is 0 Å². The Kier molecular flexibility index (Phi) is 4.79. The highest BCUT2D eigenvalue weighted by molar-refractivity contribution is 5.26. The van der Waals surface area contributed by atoms with Crippen LogP contribution < -0.4 is 5.32 Å². The van der Waals surface area contributed by atoms with E-state index in [9.17, 15) is 8.78 Å². The number of rotatable bonds is 5. The van der Waals surface area contributed by atoms with E-state index < -0.39 is 11.6 Å². The van der Waals surface area contributed by atoms with Crippen molar-refractivity contribution in [3.63, 3.8) is 0 Å². The van der Waals surface area contributed by atoms with E-state index in [1.165, 1.54) is 6.07 Å². The van der Waals surface area contributed by atoms with Gasteiger partial charge in [0.1, 0.15) is 0 Å². The molecule has 0 aliphatic carbocycles. The predicted octanol–water partition coefficient (Wildman–Crippen LogP) is 3.56. The Morgan fingerprint density at radius 1 is 1.20 bits per heavy atom. The molecule has 4 heteroatoms. The Balaban J connectivity index is 2.32. The van der Waals surface area contributed by atoms with Gasteiger partial charge in [0.15, 0.2) is 11.6 Å². The number of hydrogen-bond acceptors (Lipinski definition) is 2. The molecule has 0 amide bonds. The molecule has 0 bridgehead atoms. The van der Waals surface area contributed by atoms with Crippen LogP contribution in [0.15, 0.2) is 36.5 Å². The van der Waals surface area contributed by atoms with Crippen LogP contribution in [0, 0.1) is 18.6 Å². The molecule has 2 nitrogen and oxygen atoms in total. The topological polar surface area (TPSA) is 24.9 Å². The van der Waals surface area contributed by atoms with Crippen molar-refractivity contribution in [3.8, 4) is 0 Å². The van der Waals surface area contributed by atoms with Crippen LogP contribution >= 0.6 is 0 Å². The number of hydrogen-bond donors (Lipinski definition) is 1.